The molecule has 0 aliphatic carbocycles. The molecule has 3 aromatic rings. The molecule has 0 aromatic heterocycles. The smallest absolute Gasteiger partial charge is 0.180 e. The number of nitrogens with zero attached hydrogens (tertiary/aromatic N) is 1. The number of halogens is 1. The molecule has 3 aromatic carbocycles. The van der Waals surface area contributed by atoms with Crippen LogP contribution < -0.4 is 9.47 Å². The minimum atomic E-state index is 0.0281. The van der Waals surface area contributed by atoms with Crippen LogP contribution in [-0.2, 0) is 0 Å². The molecule has 4 heteroatoms. The van der Waals surface area contributed by atoms with Crippen molar-refractivity contribution < 1.29 is 9.47 Å². The van der Waals surface area contributed by atoms with Crippen LogP contribution in [-0.4, -0.2) is 12.7 Å². The SMILES string of the molecule is CCOc1cc(/C=C(/C#N)c2ccc3ccccc3c2)cc(Cl)c1O[C@@H](C)CC. The van der Waals surface area contributed by atoms with Crippen LogP contribution in [0.3, 0.4) is 0 Å². The summed E-state index contributed by atoms with van der Waals surface area (Å²) in [5.41, 5.74) is 2.21. The third-order valence-corrected chi connectivity index (χ3v) is 5.00. The van der Waals surface area contributed by atoms with Gasteiger partial charge in [-0.3, -0.25) is 0 Å². The topological polar surface area (TPSA) is 42.2 Å². The molecule has 0 amide bonds. The zero-order valence-electron chi connectivity index (χ0n) is 16.9. The first-order chi connectivity index (χ1) is 14.0. The second-order valence-electron chi connectivity index (χ2n) is 6.83. The van der Waals surface area contributed by atoms with E-state index in [1.807, 2.05) is 62.4 Å². The maximum atomic E-state index is 9.75. The summed E-state index contributed by atoms with van der Waals surface area (Å²) in [6.07, 6.45) is 2.72. The predicted molar refractivity (Wildman–Crippen MR) is 120 cm³/mol. The Morgan fingerprint density at radius 3 is 2.55 bits per heavy atom. The number of ether oxygens (including phenoxy) is 2. The lowest BCUT2D eigenvalue weighted by Gasteiger charge is -2.18. The standard InChI is InChI=1S/C25H24ClNO2/c1-4-17(3)29-25-23(26)13-18(14-24(25)28-5-2)12-22(16-27)21-11-10-19-8-6-7-9-20(19)15-21/h6-15,17H,4-5H2,1-3H3/b22-12-/t17-/m0/s1. The minimum Gasteiger partial charge on any atom is -0.490 e. The predicted octanol–water partition coefficient (Wildman–Crippen LogP) is 7.13. The molecule has 0 heterocycles. The van der Waals surface area contributed by atoms with E-state index in [1.54, 1.807) is 6.07 Å². The second kappa shape index (κ2) is 9.49. The first-order valence-corrected chi connectivity index (χ1v) is 10.2. The largest absolute Gasteiger partial charge is 0.490 e. The molecule has 0 saturated heterocycles. The highest BCUT2D eigenvalue weighted by Gasteiger charge is 2.15. The normalized spacial score (nSPS) is 12.4. The molecule has 148 valence electrons. The van der Waals surface area contributed by atoms with Gasteiger partial charge < -0.3 is 9.47 Å². The third kappa shape index (κ3) is 4.91. The number of hydrogen-bond acceptors (Lipinski definition) is 3. The monoisotopic (exact) mass is 405 g/mol. The fourth-order valence-corrected chi connectivity index (χ4v) is 3.30. The lowest BCUT2D eigenvalue weighted by molar-refractivity contribution is 0.203. The van der Waals surface area contributed by atoms with Gasteiger partial charge in [-0.05, 0) is 66.4 Å². The van der Waals surface area contributed by atoms with Gasteiger partial charge >= 0.3 is 0 Å². The Morgan fingerprint density at radius 1 is 1.10 bits per heavy atom. The van der Waals surface area contributed by atoms with Gasteiger partial charge in [0, 0.05) is 0 Å². The van der Waals surface area contributed by atoms with E-state index in [4.69, 9.17) is 21.1 Å². The number of allylic oxidation sites excluding steroid dienone is 1. The Kier molecular flexibility index (Phi) is 6.80. The lowest BCUT2D eigenvalue weighted by atomic mass is 10.00. The summed E-state index contributed by atoms with van der Waals surface area (Å²) in [5, 5.41) is 12.5. The van der Waals surface area contributed by atoms with E-state index >= 15 is 0 Å². The average Bonchev–Trinajstić information content (AvgIpc) is 2.74. The maximum absolute atomic E-state index is 9.75. The molecule has 0 radical (unpaired) electrons. The summed E-state index contributed by atoms with van der Waals surface area (Å²) in [7, 11) is 0. The molecule has 0 bridgehead atoms. The van der Waals surface area contributed by atoms with Gasteiger partial charge in [-0.2, -0.15) is 5.26 Å². The van der Waals surface area contributed by atoms with Crippen molar-refractivity contribution in [1.29, 1.82) is 5.26 Å². The minimum absolute atomic E-state index is 0.0281. The molecule has 0 N–H and O–H groups in total. The molecular formula is C25H24ClNO2. The lowest BCUT2D eigenvalue weighted by Crippen LogP contribution is -2.11. The van der Waals surface area contributed by atoms with Crippen molar-refractivity contribution in [3.63, 3.8) is 0 Å². The highest BCUT2D eigenvalue weighted by molar-refractivity contribution is 6.32. The summed E-state index contributed by atoms with van der Waals surface area (Å²) >= 11 is 6.50. The van der Waals surface area contributed by atoms with Crippen molar-refractivity contribution in [2.24, 2.45) is 0 Å². The van der Waals surface area contributed by atoms with E-state index in [1.165, 1.54) is 0 Å². The van der Waals surface area contributed by atoms with Gasteiger partial charge in [0.25, 0.3) is 0 Å². The fraction of sp³-hybridized carbons (Fsp3) is 0.240. The molecule has 0 fully saturated rings. The summed E-state index contributed by atoms with van der Waals surface area (Å²) in [5.74, 6) is 1.13. The maximum Gasteiger partial charge on any atom is 0.180 e. The first-order valence-electron chi connectivity index (χ1n) is 9.79. The molecule has 29 heavy (non-hydrogen) atoms. The summed E-state index contributed by atoms with van der Waals surface area (Å²) in [6.45, 7) is 6.46. The molecule has 0 aliphatic heterocycles. The Labute approximate surface area is 177 Å². The molecule has 1 atom stereocenters. The van der Waals surface area contributed by atoms with E-state index in [0.717, 1.165) is 28.3 Å². The summed E-state index contributed by atoms with van der Waals surface area (Å²) < 4.78 is 11.7. The van der Waals surface area contributed by atoms with Crippen molar-refractivity contribution in [2.75, 3.05) is 6.61 Å². The Bertz CT molecular complexity index is 1080. The van der Waals surface area contributed by atoms with E-state index in [0.29, 0.717) is 28.7 Å². The summed E-state index contributed by atoms with van der Waals surface area (Å²) in [6, 6.07) is 20.1. The number of nitriles is 1. The Morgan fingerprint density at radius 2 is 1.86 bits per heavy atom. The molecule has 0 spiro atoms. The highest BCUT2D eigenvalue weighted by Crippen LogP contribution is 2.38. The summed E-state index contributed by atoms with van der Waals surface area (Å²) in [4.78, 5) is 0. The van der Waals surface area contributed by atoms with Gasteiger partial charge in [0.2, 0.25) is 0 Å². The number of rotatable bonds is 7. The number of fused-ring (bicyclic) bond motifs is 1. The van der Waals surface area contributed by atoms with Crippen LogP contribution in [0.15, 0.2) is 54.6 Å². The number of benzene rings is 3. The zero-order chi connectivity index (χ0) is 20.8. The van der Waals surface area contributed by atoms with Crippen molar-refractivity contribution in [2.45, 2.75) is 33.3 Å². The Balaban J connectivity index is 2.03. The first kappa shape index (κ1) is 20.8. The van der Waals surface area contributed by atoms with Crippen molar-refractivity contribution in [1.82, 2.24) is 0 Å². The van der Waals surface area contributed by atoms with Crippen LogP contribution >= 0.6 is 11.6 Å². The molecule has 3 rings (SSSR count). The Hall–Kier alpha value is -2.96. The molecular weight excluding hydrogens is 382 g/mol. The van der Waals surface area contributed by atoms with E-state index in [9.17, 15) is 5.26 Å². The highest BCUT2D eigenvalue weighted by atomic mass is 35.5. The van der Waals surface area contributed by atoms with Crippen LogP contribution in [0.2, 0.25) is 5.02 Å². The van der Waals surface area contributed by atoms with Crippen LogP contribution in [0.5, 0.6) is 11.5 Å². The zero-order valence-corrected chi connectivity index (χ0v) is 17.7. The van der Waals surface area contributed by atoms with Gasteiger partial charge in [-0.15, -0.1) is 0 Å². The van der Waals surface area contributed by atoms with E-state index in [2.05, 4.69) is 19.1 Å². The van der Waals surface area contributed by atoms with Gasteiger partial charge in [-0.25, -0.2) is 0 Å². The average molecular weight is 406 g/mol. The number of hydrogen-bond donors (Lipinski definition) is 0. The van der Waals surface area contributed by atoms with Crippen LogP contribution in [0.4, 0.5) is 0 Å². The molecule has 0 aliphatic rings. The van der Waals surface area contributed by atoms with E-state index < -0.39 is 0 Å². The van der Waals surface area contributed by atoms with Crippen LogP contribution in [0.1, 0.15) is 38.3 Å². The second-order valence-corrected chi connectivity index (χ2v) is 7.24. The van der Waals surface area contributed by atoms with E-state index in [-0.39, 0.29) is 6.10 Å². The van der Waals surface area contributed by atoms with Crippen molar-refractivity contribution in [3.8, 4) is 17.6 Å². The van der Waals surface area contributed by atoms with Gasteiger partial charge in [0.15, 0.2) is 11.5 Å². The van der Waals surface area contributed by atoms with Gasteiger partial charge in [0.1, 0.15) is 0 Å². The van der Waals surface area contributed by atoms with Gasteiger partial charge in [-0.1, -0.05) is 54.9 Å². The molecule has 0 saturated carbocycles. The quantitative estimate of drug-likeness (QED) is 0.310. The molecule has 3 nitrogen and oxygen atoms in total. The van der Waals surface area contributed by atoms with Gasteiger partial charge in [0.05, 0.1) is 29.4 Å². The molecule has 0 unspecified atom stereocenters. The third-order valence-electron chi connectivity index (χ3n) is 4.72. The fourth-order valence-electron chi connectivity index (χ4n) is 3.04. The van der Waals surface area contributed by atoms with Crippen molar-refractivity contribution in [3.05, 3.63) is 70.7 Å². The van der Waals surface area contributed by atoms with Crippen LogP contribution in [0.25, 0.3) is 22.4 Å². The van der Waals surface area contributed by atoms with Crippen LogP contribution in [0, 0.1) is 11.3 Å². The van der Waals surface area contributed by atoms with Crippen molar-refractivity contribution >= 4 is 34.0 Å².